The Morgan fingerprint density at radius 2 is 2.47 bits per heavy atom. The van der Waals surface area contributed by atoms with Crippen molar-refractivity contribution in [2.24, 2.45) is 0 Å². The summed E-state index contributed by atoms with van der Waals surface area (Å²) in [4.78, 5) is 3.99. The molecule has 1 N–H and O–H groups in total. The SMILES string of the molecule is C[C@@H](c1cccs1)N(C)[C@@H]1CCCNC1. The summed E-state index contributed by atoms with van der Waals surface area (Å²) in [6.07, 6.45) is 2.64. The highest BCUT2D eigenvalue weighted by atomic mass is 32.1. The third-order valence-corrected chi connectivity index (χ3v) is 4.46. The molecule has 2 heterocycles. The van der Waals surface area contributed by atoms with Crippen LogP contribution in [0.4, 0.5) is 0 Å². The number of nitrogens with one attached hydrogen (secondary N) is 1. The van der Waals surface area contributed by atoms with Crippen LogP contribution in [-0.2, 0) is 0 Å². The van der Waals surface area contributed by atoms with Gasteiger partial charge in [-0.05, 0) is 44.8 Å². The maximum atomic E-state index is 3.48. The van der Waals surface area contributed by atoms with E-state index < -0.39 is 0 Å². The lowest BCUT2D eigenvalue weighted by Crippen LogP contribution is -2.44. The number of likely N-dealkylation sites (N-methyl/N-ethyl adjacent to an activating group) is 1. The summed E-state index contributed by atoms with van der Waals surface area (Å²) in [6.45, 7) is 4.64. The number of rotatable bonds is 3. The highest BCUT2D eigenvalue weighted by molar-refractivity contribution is 7.10. The van der Waals surface area contributed by atoms with Crippen molar-refractivity contribution in [3.05, 3.63) is 22.4 Å². The Bertz CT molecular complexity index is 278. The first kappa shape index (κ1) is 11.1. The Labute approximate surface area is 96.3 Å². The maximum absolute atomic E-state index is 3.48. The van der Waals surface area contributed by atoms with Crippen molar-refractivity contribution in [2.75, 3.05) is 20.1 Å². The van der Waals surface area contributed by atoms with Crippen LogP contribution in [-0.4, -0.2) is 31.1 Å². The lowest BCUT2D eigenvalue weighted by molar-refractivity contribution is 0.158. The Morgan fingerprint density at radius 3 is 3.07 bits per heavy atom. The van der Waals surface area contributed by atoms with Crippen LogP contribution in [0.1, 0.15) is 30.7 Å². The smallest absolute Gasteiger partial charge is 0.0413 e. The molecule has 3 heteroatoms. The number of hydrogen-bond acceptors (Lipinski definition) is 3. The van der Waals surface area contributed by atoms with E-state index in [0.717, 1.165) is 6.54 Å². The molecule has 2 atom stereocenters. The van der Waals surface area contributed by atoms with Gasteiger partial charge in [0.15, 0.2) is 0 Å². The molecule has 1 fully saturated rings. The van der Waals surface area contributed by atoms with E-state index in [0.29, 0.717) is 12.1 Å². The molecule has 2 nitrogen and oxygen atoms in total. The summed E-state index contributed by atoms with van der Waals surface area (Å²) in [5.74, 6) is 0. The summed E-state index contributed by atoms with van der Waals surface area (Å²) in [7, 11) is 2.25. The van der Waals surface area contributed by atoms with Crippen molar-refractivity contribution in [2.45, 2.75) is 31.8 Å². The van der Waals surface area contributed by atoms with Crippen molar-refractivity contribution in [1.82, 2.24) is 10.2 Å². The average Bonchev–Trinajstić information content (AvgIpc) is 2.82. The van der Waals surface area contributed by atoms with E-state index in [2.05, 4.69) is 41.7 Å². The van der Waals surface area contributed by atoms with E-state index in [-0.39, 0.29) is 0 Å². The summed E-state index contributed by atoms with van der Waals surface area (Å²) in [5.41, 5.74) is 0. The predicted molar refractivity (Wildman–Crippen MR) is 66.4 cm³/mol. The van der Waals surface area contributed by atoms with Gasteiger partial charge in [-0.2, -0.15) is 0 Å². The number of thiophene rings is 1. The third-order valence-electron chi connectivity index (χ3n) is 3.41. The molecule has 2 rings (SSSR count). The lowest BCUT2D eigenvalue weighted by atomic mass is 10.0. The van der Waals surface area contributed by atoms with Crippen molar-refractivity contribution < 1.29 is 0 Å². The van der Waals surface area contributed by atoms with E-state index in [9.17, 15) is 0 Å². The molecular formula is C12H20N2S. The molecule has 1 aromatic heterocycles. The first-order chi connectivity index (χ1) is 7.29. The molecule has 0 spiro atoms. The summed E-state index contributed by atoms with van der Waals surface area (Å²) in [5, 5.41) is 5.64. The number of piperidine rings is 1. The van der Waals surface area contributed by atoms with E-state index in [1.165, 1.54) is 24.3 Å². The van der Waals surface area contributed by atoms with Gasteiger partial charge in [-0.1, -0.05) is 6.07 Å². The minimum Gasteiger partial charge on any atom is -0.315 e. The van der Waals surface area contributed by atoms with Crippen molar-refractivity contribution in [3.8, 4) is 0 Å². The van der Waals surface area contributed by atoms with Gasteiger partial charge in [0.05, 0.1) is 0 Å². The molecule has 1 aliphatic rings. The molecule has 0 bridgehead atoms. The third kappa shape index (κ3) is 2.60. The fraction of sp³-hybridized carbons (Fsp3) is 0.667. The average molecular weight is 224 g/mol. The van der Waals surface area contributed by atoms with Gasteiger partial charge < -0.3 is 5.32 Å². The van der Waals surface area contributed by atoms with Crippen LogP contribution in [0, 0.1) is 0 Å². The molecular weight excluding hydrogens is 204 g/mol. The molecule has 0 aliphatic carbocycles. The van der Waals surface area contributed by atoms with Crippen LogP contribution >= 0.6 is 11.3 Å². The van der Waals surface area contributed by atoms with E-state index in [1.807, 2.05) is 11.3 Å². The molecule has 1 aliphatic heterocycles. The molecule has 1 aromatic rings. The molecule has 0 saturated carbocycles. The normalized spacial score (nSPS) is 24.3. The second kappa shape index (κ2) is 5.10. The zero-order valence-electron chi connectivity index (χ0n) is 9.57. The summed E-state index contributed by atoms with van der Waals surface area (Å²) in [6, 6.07) is 5.64. The van der Waals surface area contributed by atoms with Gasteiger partial charge in [-0.3, -0.25) is 4.90 Å². The second-order valence-electron chi connectivity index (χ2n) is 4.36. The monoisotopic (exact) mass is 224 g/mol. The minimum atomic E-state index is 0.551. The van der Waals surface area contributed by atoms with Gasteiger partial charge in [-0.15, -0.1) is 11.3 Å². The Morgan fingerprint density at radius 1 is 1.60 bits per heavy atom. The molecule has 0 aromatic carbocycles. The summed E-state index contributed by atoms with van der Waals surface area (Å²) < 4.78 is 0. The number of hydrogen-bond donors (Lipinski definition) is 1. The van der Waals surface area contributed by atoms with Crippen molar-refractivity contribution in [3.63, 3.8) is 0 Å². The van der Waals surface area contributed by atoms with Gasteiger partial charge in [-0.25, -0.2) is 0 Å². The van der Waals surface area contributed by atoms with Crippen LogP contribution in [0.5, 0.6) is 0 Å². The van der Waals surface area contributed by atoms with Gasteiger partial charge in [0.2, 0.25) is 0 Å². The molecule has 15 heavy (non-hydrogen) atoms. The topological polar surface area (TPSA) is 15.3 Å². The van der Waals surface area contributed by atoms with Gasteiger partial charge >= 0.3 is 0 Å². The van der Waals surface area contributed by atoms with E-state index in [1.54, 1.807) is 0 Å². The largest absolute Gasteiger partial charge is 0.315 e. The first-order valence-electron chi connectivity index (χ1n) is 5.75. The Kier molecular flexibility index (Phi) is 3.78. The highest BCUT2D eigenvalue weighted by Crippen LogP contribution is 2.26. The fourth-order valence-electron chi connectivity index (χ4n) is 2.23. The zero-order valence-corrected chi connectivity index (χ0v) is 10.4. The molecule has 1 saturated heterocycles. The number of nitrogens with zero attached hydrogens (tertiary/aromatic N) is 1. The Hall–Kier alpha value is -0.380. The van der Waals surface area contributed by atoms with Gasteiger partial charge in [0.1, 0.15) is 0 Å². The van der Waals surface area contributed by atoms with Crippen LogP contribution in [0.15, 0.2) is 17.5 Å². The predicted octanol–water partition coefficient (Wildman–Crippen LogP) is 2.49. The second-order valence-corrected chi connectivity index (χ2v) is 5.34. The van der Waals surface area contributed by atoms with Crippen LogP contribution < -0.4 is 5.32 Å². The Balaban J connectivity index is 1.97. The van der Waals surface area contributed by atoms with Crippen molar-refractivity contribution in [1.29, 1.82) is 0 Å². The van der Waals surface area contributed by atoms with Crippen LogP contribution in [0.25, 0.3) is 0 Å². The molecule has 0 radical (unpaired) electrons. The maximum Gasteiger partial charge on any atom is 0.0413 e. The van der Waals surface area contributed by atoms with E-state index in [4.69, 9.17) is 0 Å². The van der Waals surface area contributed by atoms with Crippen LogP contribution in [0.3, 0.4) is 0 Å². The standard InChI is InChI=1S/C12H20N2S/c1-10(12-6-4-8-15-12)14(2)11-5-3-7-13-9-11/h4,6,8,10-11,13H,3,5,7,9H2,1-2H3/t10-,11+/m0/s1. The zero-order chi connectivity index (χ0) is 10.7. The minimum absolute atomic E-state index is 0.551. The lowest BCUT2D eigenvalue weighted by Gasteiger charge is -2.35. The van der Waals surface area contributed by atoms with Gasteiger partial charge in [0, 0.05) is 23.5 Å². The molecule has 84 valence electrons. The fourth-order valence-corrected chi connectivity index (χ4v) is 3.06. The quantitative estimate of drug-likeness (QED) is 0.848. The first-order valence-corrected chi connectivity index (χ1v) is 6.63. The molecule has 0 amide bonds. The van der Waals surface area contributed by atoms with Gasteiger partial charge in [0.25, 0.3) is 0 Å². The molecule has 0 unspecified atom stereocenters. The van der Waals surface area contributed by atoms with E-state index >= 15 is 0 Å². The summed E-state index contributed by atoms with van der Waals surface area (Å²) >= 11 is 1.86. The van der Waals surface area contributed by atoms with Crippen molar-refractivity contribution >= 4 is 11.3 Å². The highest BCUT2D eigenvalue weighted by Gasteiger charge is 2.22. The van der Waals surface area contributed by atoms with Crippen LogP contribution in [0.2, 0.25) is 0 Å².